The normalized spacial score (nSPS) is 20.3. The second kappa shape index (κ2) is 5.09. The molecule has 0 bridgehead atoms. The van der Waals surface area contributed by atoms with Crippen molar-refractivity contribution in [1.29, 1.82) is 0 Å². The first-order chi connectivity index (χ1) is 9.00. The fourth-order valence-corrected chi connectivity index (χ4v) is 2.26. The van der Waals surface area contributed by atoms with Gasteiger partial charge in [0.25, 0.3) is 0 Å². The molecule has 1 aromatic carbocycles. The molecule has 1 aliphatic rings. The van der Waals surface area contributed by atoms with Gasteiger partial charge in [-0.3, -0.25) is 9.59 Å². The Morgan fingerprint density at radius 1 is 1.32 bits per heavy atom. The average molecular weight is 262 g/mol. The number of nitrogens with two attached hydrogens (primary N) is 1. The van der Waals surface area contributed by atoms with Crippen LogP contribution in [0.1, 0.15) is 18.0 Å². The smallest absolute Gasteiger partial charge is 0.331 e. The molecule has 2 rings (SSSR count). The van der Waals surface area contributed by atoms with E-state index in [4.69, 9.17) is 5.73 Å². The third kappa shape index (κ3) is 2.57. The first-order valence-electron chi connectivity index (χ1n) is 5.87. The average Bonchev–Trinajstić information content (AvgIpc) is 2.73. The number of hydrogen-bond donors (Lipinski definition) is 2. The van der Waals surface area contributed by atoms with E-state index >= 15 is 0 Å². The standard InChI is InChI=1S/C13H14N2O4/c14-12(17)9-6-10(16)15(7-9)11(13(18)19)8-4-2-1-3-5-8/h1-5,9,11H,6-7H2,(H2,14,17)(H,18,19)/t9?,11-/m1/s1. The summed E-state index contributed by atoms with van der Waals surface area (Å²) < 4.78 is 0. The fraction of sp³-hybridized carbons (Fsp3) is 0.308. The summed E-state index contributed by atoms with van der Waals surface area (Å²) in [5, 5.41) is 9.32. The topological polar surface area (TPSA) is 101 Å². The van der Waals surface area contributed by atoms with Gasteiger partial charge in [-0.2, -0.15) is 0 Å². The number of carboxylic acids is 1. The number of rotatable bonds is 4. The minimum Gasteiger partial charge on any atom is -0.479 e. The van der Waals surface area contributed by atoms with E-state index in [9.17, 15) is 19.5 Å². The molecular weight excluding hydrogens is 248 g/mol. The van der Waals surface area contributed by atoms with Gasteiger partial charge in [0, 0.05) is 13.0 Å². The maximum atomic E-state index is 11.9. The Morgan fingerprint density at radius 2 is 1.95 bits per heavy atom. The van der Waals surface area contributed by atoms with Gasteiger partial charge >= 0.3 is 5.97 Å². The van der Waals surface area contributed by atoms with Crippen molar-refractivity contribution in [2.45, 2.75) is 12.5 Å². The molecule has 1 saturated heterocycles. The first kappa shape index (κ1) is 13.1. The maximum absolute atomic E-state index is 11.9. The predicted molar refractivity (Wildman–Crippen MR) is 65.8 cm³/mol. The van der Waals surface area contributed by atoms with E-state index in [1.807, 2.05) is 0 Å². The molecule has 0 aromatic heterocycles. The Kier molecular flexibility index (Phi) is 3.50. The highest BCUT2D eigenvalue weighted by Gasteiger charge is 2.40. The van der Waals surface area contributed by atoms with Gasteiger partial charge in [-0.25, -0.2) is 4.79 Å². The Balaban J connectivity index is 2.29. The number of amides is 2. The highest BCUT2D eigenvalue weighted by molar-refractivity contribution is 5.91. The van der Waals surface area contributed by atoms with Crippen LogP contribution in [0.25, 0.3) is 0 Å². The highest BCUT2D eigenvalue weighted by Crippen LogP contribution is 2.28. The zero-order valence-corrected chi connectivity index (χ0v) is 10.2. The lowest BCUT2D eigenvalue weighted by Crippen LogP contribution is -2.36. The number of carboxylic acid groups (broad SMARTS) is 1. The van der Waals surface area contributed by atoms with Crippen molar-refractivity contribution in [3.63, 3.8) is 0 Å². The zero-order chi connectivity index (χ0) is 14.0. The van der Waals surface area contributed by atoms with Crippen LogP contribution < -0.4 is 5.73 Å². The summed E-state index contributed by atoms with van der Waals surface area (Å²) in [4.78, 5) is 35.6. The summed E-state index contributed by atoms with van der Waals surface area (Å²) in [5.41, 5.74) is 5.68. The Bertz CT molecular complexity index is 515. The fourth-order valence-electron chi connectivity index (χ4n) is 2.26. The lowest BCUT2D eigenvalue weighted by Gasteiger charge is -2.24. The number of hydrogen-bond acceptors (Lipinski definition) is 3. The van der Waals surface area contributed by atoms with Gasteiger partial charge in [0.15, 0.2) is 6.04 Å². The summed E-state index contributed by atoms with van der Waals surface area (Å²) in [6.45, 7) is 0.0556. The summed E-state index contributed by atoms with van der Waals surface area (Å²) in [6, 6.07) is 7.39. The molecule has 1 heterocycles. The maximum Gasteiger partial charge on any atom is 0.331 e. The van der Waals surface area contributed by atoms with Gasteiger partial charge in [-0.15, -0.1) is 0 Å². The number of aliphatic carboxylic acids is 1. The third-order valence-corrected chi connectivity index (χ3v) is 3.22. The molecule has 0 aliphatic carbocycles. The quantitative estimate of drug-likeness (QED) is 0.806. The van der Waals surface area contributed by atoms with E-state index in [0.717, 1.165) is 0 Å². The van der Waals surface area contributed by atoms with Crippen LogP contribution in [0.2, 0.25) is 0 Å². The molecule has 2 amide bonds. The largest absolute Gasteiger partial charge is 0.479 e. The molecule has 0 saturated carbocycles. The summed E-state index contributed by atoms with van der Waals surface area (Å²) in [6.07, 6.45) is -0.0219. The molecule has 6 nitrogen and oxygen atoms in total. The summed E-state index contributed by atoms with van der Waals surface area (Å²) >= 11 is 0. The second-order valence-electron chi connectivity index (χ2n) is 4.50. The van der Waals surface area contributed by atoms with Gasteiger partial charge in [0.1, 0.15) is 0 Å². The third-order valence-electron chi connectivity index (χ3n) is 3.22. The summed E-state index contributed by atoms with van der Waals surface area (Å²) in [7, 11) is 0. The molecule has 0 radical (unpaired) electrons. The van der Waals surface area contributed by atoms with Gasteiger partial charge < -0.3 is 15.7 Å². The molecule has 1 aliphatic heterocycles. The van der Waals surface area contributed by atoms with E-state index in [1.165, 1.54) is 4.90 Å². The Hall–Kier alpha value is -2.37. The molecule has 1 fully saturated rings. The highest BCUT2D eigenvalue weighted by atomic mass is 16.4. The molecule has 2 atom stereocenters. The van der Waals surface area contributed by atoms with E-state index in [0.29, 0.717) is 5.56 Å². The molecule has 6 heteroatoms. The van der Waals surface area contributed by atoms with Crippen molar-refractivity contribution in [1.82, 2.24) is 4.90 Å². The van der Waals surface area contributed by atoms with Gasteiger partial charge in [0.05, 0.1) is 5.92 Å². The summed E-state index contributed by atoms with van der Waals surface area (Å²) in [5.74, 6) is -2.67. The monoisotopic (exact) mass is 262 g/mol. The van der Waals surface area contributed by atoms with Gasteiger partial charge in [-0.1, -0.05) is 30.3 Å². The van der Waals surface area contributed by atoms with Crippen LogP contribution in [-0.2, 0) is 14.4 Å². The van der Waals surface area contributed by atoms with Gasteiger partial charge in [0.2, 0.25) is 11.8 Å². The van der Waals surface area contributed by atoms with Crippen LogP contribution >= 0.6 is 0 Å². The van der Waals surface area contributed by atoms with Crippen molar-refractivity contribution in [2.24, 2.45) is 11.7 Å². The minimum absolute atomic E-state index is 0.0219. The van der Waals surface area contributed by atoms with Crippen LogP contribution in [-0.4, -0.2) is 34.3 Å². The lowest BCUT2D eigenvalue weighted by atomic mass is 10.1. The van der Waals surface area contributed by atoms with E-state index in [1.54, 1.807) is 30.3 Å². The van der Waals surface area contributed by atoms with Crippen molar-refractivity contribution in [3.8, 4) is 0 Å². The van der Waals surface area contributed by atoms with E-state index in [2.05, 4.69) is 0 Å². The Labute approximate surface area is 109 Å². The zero-order valence-electron chi connectivity index (χ0n) is 10.2. The number of nitrogens with zero attached hydrogens (tertiary/aromatic N) is 1. The molecule has 19 heavy (non-hydrogen) atoms. The van der Waals surface area contributed by atoms with Crippen LogP contribution in [0.15, 0.2) is 30.3 Å². The Morgan fingerprint density at radius 3 is 2.42 bits per heavy atom. The number of carbonyl (C=O) groups excluding carboxylic acids is 2. The van der Waals surface area contributed by atoms with Gasteiger partial charge in [-0.05, 0) is 5.56 Å². The first-order valence-corrected chi connectivity index (χ1v) is 5.87. The van der Waals surface area contributed by atoms with Crippen molar-refractivity contribution in [2.75, 3.05) is 6.54 Å². The van der Waals surface area contributed by atoms with Crippen LogP contribution in [0.5, 0.6) is 0 Å². The molecule has 100 valence electrons. The van der Waals surface area contributed by atoms with E-state index in [-0.39, 0.29) is 18.9 Å². The number of likely N-dealkylation sites (tertiary alicyclic amines) is 1. The number of carbonyl (C=O) groups is 3. The molecule has 1 aromatic rings. The second-order valence-corrected chi connectivity index (χ2v) is 4.50. The van der Waals surface area contributed by atoms with E-state index < -0.39 is 23.8 Å². The van der Waals surface area contributed by atoms with Crippen molar-refractivity contribution in [3.05, 3.63) is 35.9 Å². The SMILES string of the molecule is NC(=O)C1CC(=O)N([C@@H](C(=O)O)c2ccccc2)C1. The number of benzene rings is 1. The molecule has 0 spiro atoms. The predicted octanol–water partition coefficient (Wildman–Crippen LogP) is 0.146. The molecule has 3 N–H and O–H groups in total. The van der Waals surface area contributed by atoms with Crippen LogP contribution in [0, 0.1) is 5.92 Å². The lowest BCUT2D eigenvalue weighted by molar-refractivity contribution is -0.148. The molecule has 1 unspecified atom stereocenters. The van der Waals surface area contributed by atoms with Crippen molar-refractivity contribution >= 4 is 17.8 Å². The number of primary amides is 1. The van der Waals surface area contributed by atoms with Crippen molar-refractivity contribution < 1.29 is 19.5 Å². The van der Waals surface area contributed by atoms with Crippen LogP contribution in [0.3, 0.4) is 0 Å². The minimum atomic E-state index is -1.12. The molecular formula is C13H14N2O4. The van der Waals surface area contributed by atoms with Crippen LogP contribution in [0.4, 0.5) is 0 Å².